The molecule has 154 valence electrons. The molecule has 8 heteroatoms. The average Bonchev–Trinajstić information content (AvgIpc) is 3.32. The lowest BCUT2D eigenvalue weighted by molar-refractivity contribution is -0.133. The molecule has 1 N–H and O–H groups in total. The van der Waals surface area contributed by atoms with Gasteiger partial charge >= 0.3 is 0 Å². The van der Waals surface area contributed by atoms with Gasteiger partial charge in [0.25, 0.3) is 5.91 Å². The number of aromatic nitrogens is 1. The summed E-state index contributed by atoms with van der Waals surface area (Å²) in [5, 5.41) is 17.7. The van der Waals surface area contributed by atoms with E-state index in [2.05, 4.69) is 5.10 Å². The Morgan fingerprint density at radius 1 is 1.17 bits per heavy atom. The Labute approximate surface area is 177 Å². The monoisotopic (exact) mass is 422 g/mol. The summed E-state index contributed by atoms with van der Waals surface area (Å²) in [7, 11) is 0. The zero-order valence-corrected chi connectivity index (χ0v) is 17.2. The van der Waals surface area contributed by atoms with E-state index in [-0.39, 0.29) is 24.5 Å². The molecule has 1 fully saturated rings. The first-order valence-electron chi connectivity index (χ1n) is 10.1. The number of aliphatic hydroxyl groups is 1. The van der Waals surface area contributed by atoms with Crippen LogP contribution in [0.25, 0.3) is 10.2 Å². The number of nitrogens with zero attached hydrogens (tertiary/aromatic N) is 4. The Hall–Kier alpha value is -2.97. The molecule has 2 aliphatic rings. The van der Waals surface area contributed by atoms with E-state index >= 15 is 0 Å². The third kappa shape index (κ3) is 3.42. The van der Waals surface area contributed by atoms with Gasteiger partial charge in [-0.3, -0.25) is 9.59 Å². The number of carbonyl (C=O) groups excluding carboxylic acids is 2. The molecule has 0 radical (unpaired) electrons. The molecule has 4 heterocycles. The Kier molecular flexibility index (Phi) is 4.88. The summed E-state index contributed by atoms with van der Waals surface area (Å²) in [6.07, 6.45) is 0.780. The molecule has 1 saturated heterocycles. The number of carbonyl (C=O) groups is 2. The minimum absolute atomic E-state index is 0.107. The van der Waals surface area contributed by atoms with Gasteiger partial charge in [-0.05, 0) is 35.9 Å². The molecular formula is C22H22N4O3S. The number of hydrogen-bond acceptors (Lipinski definition) is 5. The molecule has 2 aliphatic heterocycles. The van der Waals surface area contributed by atoms with E-state index in [4.69, 9.17) is 0 Å². The molecule has 2 aromatic heterocycles. The molecule has 30 heavy (non-hydrogen) atoms. The van der Waals surface area contributed by atoms with Gasteiger partial charge in [0, 0.05) is 13.1 Å². The van der Waals surface area contributed by atoms with Gasteiger partial charge in [0.15, 0.2) is 0 Å². The lowest BCUT2D eigenvalue weighted by atomic mass is 10.1. The maximum atomic E-state index is 13.3. The van der Waals surface area contributed by atoms with Crippen molar-refractivity contribution in [3.05, 3.63) is 59.1 Å². The third-order valence-corrected chi connectivity index (χ3v) is 6.59. The topological polar surface area (TPSA) is 78.1 Å². The van der Waals surface area contributed by atoms with Gasteiger partial charge in [0.1, 0.15) is 12.2 Å². The number of likely N-dealkylation sites (tertiary alicyclic amines) is 1. The largest absolute Gasteiger partial charge is 0.393 e. The van der Waals surface area contributed by atoms with Crippen molar-refractivity contribution in [3.63, 3.8) is 0 Å². The fraction of sp³-hybridized carbons (Fsp3) is 0.318. The highest BCUT2D eigenvalue weighted by molar-refractivity contribution is 7.17. The number of thiophene rings is 1. The molecule has 0 spiro atoms. The normalized spacial score (nSPS) is 17.8. The summed E-state index contributed by atoms with van der Waals surface area (Å²) in [4.78, 5) is 27.9. The fourth-order valence-corrected chi connectivity index (χ4v) is 4.88. The first-order chi connectivity index (χ1) is 14.6. The van der Waals surface area contributed by atoms with Gasteiger partial charge in [-0.25, -0.2) is 5.01 Å². The number of piperidine rings is 1. The van der Waals surface area contributed by atoms with E-state index in [1.54, 1.807) is 16.2 Å². The number of hydrogen-bond donors (Lipinski definition) is 1. The van der Waals surface area contributed by atoms with Crippen molar-refractivity contribution < 1.29 is 14.7 Å². The minimum Gasteiger partial charge on any atom is -0.393 e. The summed E-state index contributed by atoms with van der Waals surface area (Å²) in [6, 6.07) is 13.7. The van der Waals surface area contributed by atoms with Crippen molar-refractivity contribution in [2.24, 2.45) is 5.10 Å². The number of amides is 2. The summed E-state index contributed by atoms with van der Waals surface area (Å²) < 4.78 is 3.03. The summed E-state index contributed by atoms with van der Waals surface area (Å²) >= 11 is 1.59. The molecule has 0 aliphatic carbocycles. The van der Waals surface area contributed by atoms with Crippen molar-refractivity contribution in [2.45, 2.75) is 25.5 Å². The molecule has 2 amide bonds. The van der Waals surface area contributed by atoms with Gasteiger partial charge in [-0.15, -0.1) is 11.3 Å². The lowest BCUT2D eigenvalue weighted by Crippen LogP contribution is -2.45. The zero-order valence-electron chi connectivity index (χ0n) is 16.4. The second-order valence-electron chi connectivity index (χ2n) is 7.67. The maximum absolute atomic E-state index is 13.3. The summed E-state index contributed by atoms with van der Waals surface area (Å²) in [5.41, 5.74) is 3.22. The van der Waals surface area contributed by atoms with Crippen LogP contribution < -0.4 is 0 Å². The first-order valence-corrected chi connectivity index (χ1v) is 11.0. The molecule has 0 atom stereocenters. The van der Waals surface area contributed by atoms with Gasteiger partial charge in [-0.2, -0.15) is 5.10 Å². The number of rotatable bonds is 3. The van der Waals surface area contributed by atoms with Crippen LogP contribution >= 0.6 is 11.3 Å². The predicted molar refractivity (Wildman–Crippen MR) is 116 cm³/mol. The van der Waals surface area contributed by atoms with E-state index in [0.29, 0.717) is 38.2 Å². The number of benzene rings is 1. The molecule has 7 nitrogen and oxygen atoms in total. The standard InChI is InChI=1S/C22H22N4O3S/c27-16-6-9-24(10-7-16)21(28)14-26-22(29)19-12-20-18(8-11-30-20)25(19)13-17(23-26)15-4-2-1-3-5-15/h1-5,8,11-12,16,27H,6-7,9-10,13-14H2. The molecule has 1 aromatic carbocycles. The fourth-order valence-electron chi connectivity index (χ4n) is 4.06. The molecular weight excluding hydrogens is 400 g/mol. The van der Waals surface area contributed by atoms with Crippen LogP contribution in [0, 0.1) is 0 Å². The van der Waals surface area contributed by atoms with E-state index in [0.717, 1.165) is 21.5 Å². The van der Waals surface area contributed by atoms with Crippen molar-refractivity contribution >= 4 is 39.1 Å². The van der Waals surface area contributed by atoms with E-state index < -0.39 is 0 Å². The molecule has 0 unspecified atom stereocenters. The second-order valence-corrected chi connectivity index (χ2v) is 8.62. The predicted octanol–water partition coefficient (Wildman–Crippen LogP) is 2.55. The van der Waals surface area contributed by atoms with Gasteiger partial charge in [0.05, 0.1) is 28.6 Å². The highest BCUT2D eigenvalue weighted by atomic mass is 32.1. The van der Waals surface area contributed by atoms with Crippen molar-refractivity contribution in [1.82, 2.24) is 14.5 Å². The molecule has 5 rings (SSSR count). The van der Waals surface area contributed by atoms with Crippen LogP contribution in [0.4, 0.5) is 0 Å². The van der Waals surface area contributed by atoms with E-state index in [9.17, 15) is 14.7 Å². The van der Waals surface area contributed by atoms with Crippen LogP contribution in [-0.2, 0) is 11.3 Å². The summed E-state index contributed by atoms with van der Waals surface area (Å²) in [5.74, 6) is -0.414. The molecule has 0 bridgehead atoms. The lowest BCUT2D eigenvalue weighted by Gasteiger charge is -2.30. The Morgan fingerprint density at radius 2 is 1.93 bits per heavy atom. The van der Waals surface area contributed by atoms with E-state index in [1.165, 1.54) is 5.01 Å². The Morgan fingerprint density at radius 3 is 2.70 bits per heavy atom. The molecule has 3 aromatic rings. The first kappa shape index (κ1) is 19.0. The summed E-state index contributed by atoms with van der Waals surface area (Å²) in [6.45, 7) is 1.36. The SMILES string of the molecule is O=C(CN1N=C(c2ccccc2)Cn2c(cc3sccc32)C1=O)N1CCC(O)CC1. The van der Waals surface area contributed by atoms with Crippen LogP contribution in [0.15, 0.2) is 52.9 Å². The van der Waals surface area contributed by atoms with Crippen molar-refractivity contribution in [1.29, 1.82) is 0 Å². The Balaban J connectivity index is 1.50. The molecule has 0 saturated carbocycles. The minimum atomic E-state index is -0.354. The van der Waals surface area contributed by atoms with Crippen LogP contribution in [0.1, 0.15) is 28.9 Å². The maximum Gasteiger partial charge on any atom is 0.291 e. The van der Waals surface area contributed by atoms with Crippen LogP contribution in [0.3, 0.4) is 0 Å². The van der Waals surface area contributed by atoms with Gasteiger partial charge < -0.3 is 14.6 Å². The number of hydrazone groups is 1. The van der Waals surface area contributed by atoms with Crippen LogP contribution in [0.2, 0.25) is 0 Å². The smallest absolute Gasteiger partial charge is 0.291 e. The zero-order chi connectivity index (χ0) is 20.7. The number of fused-ring (bicyclic) bond motifs is 3. The Bertz CT molecular complexity index is 1130. The van der Waals surface area contributed by atoms with Crippen molar-refractivity contribution in [2.75, 3.05) is 19.6 Å². The quantitative estimate of drug-likeness (QED) is 0.705. The van der Waals surface area contributed by atoms with Gasteiger partial charge in [-0.1, -0.05) is 30.3 Å². The highest BCUT2D eigenvalue weighted by Crippen LogP contribution is 2.28. The van der Waals surface area contributed by atoms with Crippen molar-refractivity contribution in [3.8, 4) is 0 Å². The van der Waals surface area contributed by atoms with E-state index in [1.807, 2.05) is 52.4 Å². The third-order valence-electron chi connectivity index (χ3n) is 5.73. The highest BCUT2D eigenvalue weighted by Gasteiger charge is 2.30. The second kappa shape index (κ2) is 7.70. The van der Waals surface area contributed by atoms with Gasteiger partial charge in [0.2, 0.25) is 5.91 Å². The van der Waals surface area contributed by atoms with Crippen LogP contribution in [-0.4, -0.2) is 62.8 Å². The number of aliphatic hydroxyl groups excluding tert-OH is 1. The van der Waals surface area contributed by atoms with Crippen LogP contribution in [0.5, 0.6) is 0 Å². The average molecular weight is 423 g/mol.